The maximum Gasteiger partial charge on any atom is 0.226 e. The number of aromatic nitrogens is 2. The van der Waals surface area contributed by atoms with Gasteiger partial charge in [-0.15, -0.1) is 0 Å². The molecule has 0 amide bonds. The Kier molecular flexibility index (Phi) is 3.25. The van der Waals surface area contributed by atoms with E-state index in [1.807, 2.05) is 6.92 Å². The third kappa shape index (κ3) is 2.64. The van der Waals surface area contributed by atoms with Gasteiger partial charge in [0.1, 0.15) is 11.4 Å². The molecule has 1 aromatic rings. The Morgan fingerprint density at radius 3 is 3.00 bits per heavy atom. The topological polar surface area (TPSA) is 47.0 Å². The van der Waals surface area contributed by atoms with Gasteiger partial charge in [-0.1, -0.05) is 11.6 Å². The molecular weight excluding hydrogens is 178 g/mol. The summed E-state index contributed by atoms with van der Waals surface area (Å²) in [7, 11) is 1.60. The molecule has 1 unspecified atom stereocenters. The first kappa shape index (κ1) is 9.22. The molecule has 0 fully saturated rings. The number of hydrogen-bond acceptors (Lipinski definition) is 4. The van der Waals surface area contributed by atoms with Crippen LogP contribution < -0.4 is 5.32 Å². The van der Waals surface area contributed by atoms with Crippen molar-refractivity contribution in [3.05, 3.63) is 17.4 Å². The van der Waals surface area contributed by atoms with Crippen molar-refractivity contribution in [1.29, 1.82) is 0 Å². The van der Waals surface area contributed by atoms with Crippen LogP contribution in [0.5, 0.6) is 0 Å². The van der Waals surface area contributed by atoms with Crippen LogP contribution in [0.15, 0.2) is 12.3 Å². The molecule has 4 nitrogen and oxygen atoms in total. The van der Waals surface area contributed by atoms with Gasteiger partial charge in [0.25, 0.3) is 0 Å². The van der Waals surface area contributed by atoms with Crippen molar-refractivity contribution < 1.29 is 4.74 Å². The quantitative estimate of drug-likeness (QED) is 0.576. The number of hydrogen-bond donors (Lipinski definition) is 1. The lowest BCUT2D eigenvalue weighted by Crippen LogP contribution is -2.18. The molecule has 0 saturated heterocycles. The predicted molar refractivity (Wildman–Crippen MR) is 47.1 cm³/mol. The molecule has 1 atom stereocenters. The van der Waals surface area contributed by atoms with Gasteiger partial charge in [0, 0.05) is 13.3 Å². The van der Waals surface area contributed by atoms with Crippen molar-refractivity contribution in [3.63, 3.8) is 0 Å². The van der Waals surface area contributed by atoms with Gasteiger partial charge in [0.05, 0.1) is 0 Å². The van der Waals surface area contributed by atoms with Gasteiger partial charge in [-0.3, -0.25) is 0 Å². The largest absolute Gasteiger partial charge is 0.362 e. The zero-order valence-electron chi connectivity index (χ0n) is 6.91. The number of nitrogens with one attached hydrogen (secondary N) is 1. The number of methoxy groups -OCH3 is 1. The van der Waals surface area contributed by atoms with E-state index in [0.29, 0.717) is 11.1 Å². The lowest BCUT2D eigenvalue weighted by atomic mass is 10.6. The Morgan fingerprint density at radius 2 is 2.42 bits per heavy atom. The molecule has 66 valence electrons. The lowest BCUT2D eigenvalue weighted by Gasteiger charge is -2.10. The highest BCUT2D eigenvalue weighted by atomic mass is 35.5. The summed E-state index contributed by atoms with van der Waals surface area (Å²) in [5, 5.41) is 3.32. The van der Waals surface area contributed by atoms with Crippen molar-refractivity contribution in [2.45, 2.75) is 13.2 Å². The summed E-state index contributed by atoms with van der Waals surface area (Å²) in [6.45, 7) is 1.85. The second-order valence-electron chi connectivity index (χ2n) is 2.23. The highest BCUT2D eigenvalue weighted by Crippen LogP contribution is 2.06. The van der Waals surface area contributed by atoms with Gasteiger partial charge in [0.15, 0.2) is 0 Å². The van der Waals surface area contributed by atoms with E-state index < -0.39 is 0 Å². The molecule has 1 rings (SSSR count). The zero-order valence-corrected chi connectivity index (χ0v) is 7.67. The van der Waals surface area contributed by atoms with Crippen molar-refractivity contribution in [2.24, 2.45) is 0 Å². The van der Waals surface area contributed by atoms with Crippen LogP contribution in [-0.2, 0) is 4.74 Å². The summed E-state index contributed by atoms with van der Waals surface area (Å²) in [4.78, 5) is 7.87. The van der Waals surface area contributed by atoms with Crippen molar-refractivity contribution in [3.8, 4) is 0 Å². The van der Waals surface area contributed by atoms with E-state index in [1.54, 1.807) is 19.4 Å². The summed E-state index contributed by atoms with van der Waals surface area (Å²) in [5.41, 5.74) is 0. The molecule has 0 spiro atoms. The minimum Gasteiger partial charge on any atom is -0.362 e. The summed E-state index contributed by atoms with van der Waals surface area (Å²) in [5.74, 6) is 0.469. The van der Waals surface area contributed by atoms with E-state index in [1.165, 1.54) is 0 Å². The fourth-order valence-electron chi connectivity index (χ4n) is 0.647. The van der Waals surface area contributed by atoms with Gasteiger partial charge in [-0.05, 0) is 13.0 Å². The molecule has 0 saturated carbocycles. The molecular formula is C7H10ClN3O. The van der Waals surface area contributed by atoms with Crippen LogP contribution in [0.4, 0.5) is 5.95 Å². The predicted octanol–water partition coefficient (Wildman–Crippen LogP) is 1.53. The number of rotatable bonds is 3. The first-order valence-electron chi connectivity index (χ1n) is 3.50. The van der Waals surface area contributed by atoms with Gasteiger partial charge in [0.2, 0.25) is 5.95 Å². The smallest absolute Gasteiger partial charge is 0.226 e. The fraction of sp³-hybridized carbons (Fsp3) is 0.429. The first-order chi connectivity index (χ1) is 5.72. The summed E-state index contributed by atoms with van der Waals surface area (Å²) < 4.78 is 4.96. The van der Waals surface area contributed by atoms with Crippen molar-refractivity contribution >= 4 is 17.5 Å². The number of nitrogens with zero attached hydrogens (tertiary/aromatic N) is 2. The van der Waals surface area contributed by atoms with Crippen LogP contribution in [0, 0.1) is 0 Å². The van der Waals surface area contributed by atoms with E-state index in [4.69, 9.17) is 16.3 Å². The Labute approximate surface area is 75.9 Å². The van der Waals surface area contributed by atoms with Crippen LogP contribution >= 0.6 is 11.6 Å². The second-order valence-corrected chi connectivity index (χ2v) is 2.61. The molecule has 0 aromatic carbocycles. The third-order valence-corrected chi connectivity index (χ3v) is 1.52. The van der Waals surface area contributed by atoms with Crippen LogP contribution in [0.3, 0.4) is 0 Å². The van der Waals surface area contributed by atoms with E-state index >= 15 is 0 Å². The normalized spacial score (nSPS) is 12.6. The fourth-order valence-corrected chi connectivity index (χ4v) is 0.783. The van der Waals surface area contributed by atoms with Crippen LogP contribution in [0.2, 0.25) is 5.15 Å². The molecule has 0 radical (unpaired) electrons. The molecule has 0 bridgehead atoms. The molecule has 1 heterocycles. The van der Waals surface area contributed by atoms with Gasteiger partial charge in [-0.25, -0.2) is 9.97 Å². The molecule has 12 heavy (non-hydrogen) atoms. The van der Waals surface area contributed by atoms with E-state index in [9.17, 15) is 0 Å². The Bertz CT molecular complexity index is 256. The molecule has 0 aliphatic rings. The standard InChI is InChI=1S/C7H10ClN3O/c1-5(12-2)10-7-9-4-3-6(8)11-7/h3-5H,1-2H3,(H,9,10,11). The SMILES string of the molecule is COC(C)Nc1nccc(Cl)n1. The second kappa shape index (κ2) is 4.23. The maximum absolute atomic E-state index is 5.64. The third-order valence-electron chi connectivity index (χ3n) is 1.31. The number of ether oxygens (including phenoxy) is 1. The summed E-state index contributed by atoms with van der Waals surface area (Å²) in [6, 6.07) is 1.62. The molecule has 1 aromatic heterocycles. The van der Waals surface area contributed by atoms with Crippen LogP contribution in [0.25, 0.3) is 0 Å². The monoisotopic (exact) mass is 187 g/mol. The van der Waals surface area contributed by atoms with Gasteiger partial charge >= 0.3 is 0 Å². The Morgan fingerprint density at radius 1 is 1.67 bits per heavy atom. The molecule has 0 aliphatic heterocycles. The minimum atomic E-state index is -0.122. The van der Waals surface area contributed by atoms with E-state index in [2.05, 4.69) is 15.3 Å². The molecule has 0 aliphatic carbocycles. The van der Waals surface area contributed by atoms with Crippen LogP contribution in [0.1, 0.15) is 6.92 Å². The first-order valence-corrected chi connectivity index (χ1v) is 3.88. The summed E-state index contributed by atoms with van der Waals surface area (Å²) >= 11 is 5.64. The molecule has 1 N–H and O–H groups in total. The van der Waals surface area contributed by atoms with Crippen molar-refractivity contribution in [1.82, 2.24) is 9.97 Å². The summed E-state index contributed by atoms with van der Waals surface area (Å²) in [6.07, 6.45) is 1.46. The van der Waals surface area contributed by atoms with Crippen molar-refractivity contribution in [2.75, 3.05) is 12.4 Å². The van der Waals surface area contributed by atoms with Crippen LogP contribution in [-0.4, -0.2) is 23.3 Å². The van der Waals surface area contributed by atoms with Gasteiger partial charge in [-0.2, -0.15) is 0 Å². The highest BCUT2D eigenvalue weighted by Gasteiger charge is 2.01. The lowest BCUT2D eigenvalue weighted by molar-refractivity contribution is 0.140. The maximum atomic E-state index is 5.64. The number of halogens is 1. The molecule has 5 heteroatoms. The highest BCUT2D eigenvalue weighted by molar-refractivity contribution is 6.29. The minimum absolute atomic E-state index is 0.122. The van der Waals surface area contributed by atoms with Gasteiger partial charge < -0.3 is 10.1 Å². The Hall–Kier alpha value is -0.870. The number of anilines is 1. The van der Waals surface area contributed by atoms with E-state index in [-0.39, 0.29) is 6.23 Å². The van der Waals surface area contributed by atoms with E-state index in [0.717, 1.165) is 0 Å². The average Bonchev–Trinajstić information content (AvgIpc) is 2.04. The Balaban J connectivity index is 2.63. The zero-order chi connectivity index (χ0) is 8.97. The average molecular weight is 188 g/mol.